The molecule has 11 nitrogen and oxygen atoms in total. The summed E-state index contributed by atoms with van der Waals surface area (Å²) in [5, 5.41) is 8.39. The largest absolute Gasteiger partial charge is 0.488 e. The SMILES string of the molecule is COC(=O)N[C@H](C(=O)N1C[C@@H](C)C[C@H]1c1nc2ccc3cc4c(cc3c2[nH]1)OCc1cc(-c2cnc([C@@H]3C[C@H](C)CN3)[nH]2)ccc1-4)C(C)C. The molecule has 49 heavy (non-hydrogen) atoms. The van der Waals surface area contributed by atoms with Gasteiger partial charge in [0.05, 0.1) is 42.1 Å². The van der Waals surface area contributed by atoms with Crippen LogP contribution in [-0.2, 0) is 16.1 Å². The van der Waals surface area contributed by atoms with E-state index in [1.54, 1.807) is 0 Å². The Balaban J connectivity index is 1.09. The van der Waals surface area contributed by atoms with E-state index in [0.29, 0.717) is 19.1 Å². The van der Waals surface area contributed by atoms with Crippen LogP contribution in [0.4, 0.5) is 4.79 Å². The Bertz CT molecular complexity index is 2080. The van der Waals surface area contributed by atoms with Gasteiger partial charge in [-0.1, -0.05) is 45.9 Å². The summed E-state index contributed by atoms with van der Waals surface area (Å²) in [7, 11) is 1.31. The molecule has 4 N–H and O–H groups in total. The molecule has 2 aromatic heterocycles. The zero-order valence-electron chi connectivity index (χ0n) is 28.6. The molecule has 2 amide bonds. The standard InChI is InChI=1S/C38H43N7O4/c1-19(2)33(44-38(47)48-5)37(46)45-17-21(4)11-31(45)36-41-28-9-7-22-13-27-25-8-6-23(30-16-40-35(42-30)29-10-20(3)15-39-29)12-24(25)18-49-32(27)14-26(22)34(28)43-36/h6-9,12-14,16,19-21,29,31,33,39H,10-11,15,17-18H2,1-5H3,(H,40,42)(H,41,43)(H,44,47)/t20-,21-,29-,31-,33-/m0/s1. The number of aromatic amines is 2. The number of aromatic nitrogens is 4. The van der Waals surface area contributed by atoms with Crippen molar-refractivity contribution in [3.8, 4) is 28.1 Å². The molecule has 0 aliphatic carbocycles. The van der Waals surface area contributed by atoms with Gasteiger partial charge in [-0.15, -0.1) is 0 Å². The van der Waals surface area contributed by atoms with Gasteiger partial charge in [0, 0.05) is 17.5 Å². The van der Waals surface area contributed by atoms with Crippen LogP contribution in [0, 0.1) is 17.8 Å². The number of carbonyl (C=O) groups is 2. The lowest BCUT2D eigenvalue weighted by atomic mass is 9.92. The summed E-state index contributed by atoms with van der Waals surface area (Å²) >= 11 is 0. The van der Waals surface area contributed by atoms with Gasteiger partial charge in [0.25, 0.3) is 0 Å². The molecule has 3 aliphatic heterocycles. The highest BCUT2D eigenvalue weighted by Gasteiger charge is 2.40. The molecule has 3 aromatic carbocycles. The van der Waals surface area contributed by atoms with E-state index < -0.39 is 12.1 Å². The molecule has 5 atom stereocenters. The van der Waals surface area contributed by atoms with Crippen molar-refractivity contribution in [1.29, 1.82) is 0 Å². The number of hydrogen-bond acceptors (Lipinski definition) is 7. The van der Waals surface area contributed by atoms with Crippen molar-refractivity contribution in [2.45, 2.75) is 65.3 Å². The number of alkyl carbamates (subject to hydrolysis) is 1. The van der Waals surface area contributed by atoms with Crippen LogP contribution < -0.4 is 15.4 Å². The Morgan fingerprint density at radius 3 is 2.65 bits per heavy atom. The monoisotopic (exact) mass is 661 g/mol. The van der Waals surface area contributed by atoms with Gasteiger partial charge in [-0.25, -0.2) is 14.8 Å². The van der Waals surface area contributed by atoms with Crippen molar-refractivity contribution in [3.63, 3.8) is 0 Å². The second-order valence-electron chi connectivity index (χ2n) is 14.5. The summed E-state index contributed by atoms with van der Waals surface area (Å²) in [6, 6.07) is 14.3. The number of ether oxygens (including phenoxy) is 2. The smallest absolute Gasteiger partial charge is 0.407 e. The van der Waals surface area contributed by atoms with Crippen molar-refractivity contribution in [3.05, 3.63) is 65.9 Å². The van der Waals surface area contributed by atoms with E-state index in [1.807, 2.05) is 31.0 Å². The van der Waals surface area contributed by atoms with E-state index in [1.165, 1.54) is 7.11 Å². The first kappa shape index (κ1) is 31.4. The molecule has 0 spiro atoms. The number of hydrogen-bond donors (Lipinski definition) is 4. The fraction of sp³-hybridized carbons (Fsp3) is 0.421. The fourth-order valence-electron chi connectivity index (χ4n) is 7.85. The van der Waals surface area contributed by atoms with Gasteiger partial charge in [-0.05, 0) is 83.5 Å². The number of fused-ring (bicyclic) bond motifs is 6. The van der Waals surface area contributed by atoms with Crippen molar-refractivity contribution >= 4 is 33.8 Å². The highest BCUT2D eigenvalue weighted by molar-refractivity contribution is 6.07. The molecule has 2 fully saturated rings. The van der Waals surface area contributed by atoms with E-state index in [9.17, 15) is 9.59 Å². The van der Waals surface area contributed by atoms with E-state index in [-0.39, 0.29) is 29.8 Å². The number of nitrogens with one attached hydrogen (secondary N) is 4. The molecule has 0 radical (unpaired) electrons. The summed E-state index contributed by atoms with van der Waals surface area (Å²) in [5.41, 5.74) is 7.23. The molecule has 8 rings (SSSR count). The molecule has 11 heteroatoms. The van der Waals surface area contributed by atoms with Crippen molar-refractivity contribution < 1.29 is 19.1 Å². The highest BCUT2D eigenvalue weighted by atomic mass is 16.5. The molecular formula is C38H43N7O4. The minimum atomic E-state index is -0.691. The van der Waals surface area contributed by atoms with Crippen LogP contribution in [0.15, 0.2) is 48.7 Å². The Kier molecular flexibility index (Phi) is 7.82. The molecule has 0 unspecified atom stereocenters. The number of likely N-dealkylation sites (tertiary alicyclic amines) is 1. The Labute approximate surface area is 285 Å². The maximum Gasteiger partial charge on any atom is 0.407 e. The molecule has 254 valence electrons. The molecule has 2 saturated heterocycles. The molecule has 3 aliphatic rings. The average Bonchev–Trinajstić information content (AvgIpc) is 3.91. The van der Waals surface area contributed by atoms with Gasteiger partial charge in [0.15, 0.2) is 0 Å². The number of imidazole rings is 2. The van der Waals surface area contributed by atoms with Crippen LogP contribution in [0.2, 0.25) is 0 Å². The van der Waals surface area contributed by atoms with E-state index in [0.717, 1.165) is 86.5 Å². The third-order valence-corrected chi connectivity index (χ3v) is 10.5. The summed E-state index contributed by atoms with van der Waals surface area (Å²) in [5.74, 6) is 3.29. The van der Waals surface area contributed by atoms with Gasteiger partial charge in [-0.3, -0.25) is 4.79 Å². The summed E-state index contributed by atoms with van der Waals surface area (Å²) in [6.07, 6.45) is 3.19. The second kappa shape index (κ2) is 12.2. The lowest BCUT2D eigenvalue weighted by Gasteiger charge is -2.30. The van der Waals surface area contributed by atoms with Crippen LogP contribution in [0.25, 0.3) is 44.2 Å². The van der Waals surface area contributed by atoms with Crippen LogP contribution in [0.1, 0.15) is 69.8 Å². The zero-order chi connectivity index (χ0) is 34.0. The van der Waals surface area contributed by atoms with Crippen LogP contribution in [0.5, 0.6) is 5.75 Å². The molecular weight excluding hydrogens is 618 g/mol. The summed E-state index contributed by atoms with van der Waals surface area (Å²) < 4.78 is 11.2. The van der Waals surface area contributed by atoms with Crippen molar-refractivity contribution in [2.24, 2.45) is 17.8 Å². The first-order valence-corrected chi connectivity index (χ1v) is 17.3. The predicted octanol–water partition coefficient (Wildman–Crippen LogP) is 6.63. The maximum absolute atomic E-state index is 13.8. The minimum Gasteiger partial charge on any atom is -0.488 e. The quantitative estimate of drug-likeness (QED) is 0.160. The Morgan fingerprint density at radius 2 is 1.88 bits per heavy atom. The zero-order valence-corrected chi connectivity index (χ0v) is 28.6. The second-order valence-corrected chi connectivity index (χ2v) is 14.5. The van der Waals surface area contributed by atoms with Gasteiger partial charge in [0.2, 0.25) is 5.91 Å². The topological polar surface area (TPSA) is 137 Å². The molecule has 5 aromatic rings. The lowest BCUT2D eigenvalue weighted by Crippen LogP contribution is -2.51. The number of methoxy groups -OCH3 is 1. The summed E-state index contributed by atoms with van der Waals surface area (Å²) in [4.78, 5) is 44.6. The number of rotatable bonds is 6. The van der Waals surface area contributed by atoms with Gasteiger partial charge in [-0.2, -0.15) is 0 Å². The molecule has 0 saturated carbocycles. The first-order valence-electron chi connectivity index (χ1n) is 17.3. The Morgan fingerprint density at radius 1 is 1.02 bits per heavy atom. The molecule has 5 heterocycles. The number of benzene rings is 3. The molecule has 0 bridgehead atoms. The maximum atomic E-state index is 13.8. The number of carbonyl (C=O) groups excluding carboxylic acids is 2. The minimum absolute atomic E-state index is 0.104. The third-order valence-electron chi connectivity index (χ3n) is 10.5. The summed E-state index contributed by atoms with van der Waals surface area (Å²) in [6.45, 7) is 10.3. The predicted molar refractivity (Wildman–Crippen MR) is 188 cm³/mol. The van der Waals surface area contributed by atoms with Crippen molar-refractivity contribution in [2.75, 3.05) is 20.2 Å². The fourth-order valence-corrected chi connectivity index (χ4v) is 7.85. The van der Waals surface area contributed by atoms with Crippen LogP contribution in [-0.4, -0.2) is 63.1 Å². The van der Waals surface area contributed by atoms with Crippen LogP contribution in [0.3, 0.4) is 0 Å². The number of amides is 2. The normalized spacial score (nSPS) is 22.3. The lowest BCUT2D eigenvalue weighted by molar-refractivity contribution is -0.135. The van der Waals surface area contributed by atoms with Gasteiger partial charge in [0.1, 0.15) is 30.0 Å². The van der Waals surface area contributed by atoms with Crippen molar-refractivity contribution in [1.82, 2.24) is 35.5 Å². The van der Waals surface area contributed by atoms with E-state index in [4.69, 9.17) is 19.4 Å². The Hall–Kier alpha value is -4.90. The number of nitrogens with zero attached hydrogens (tertiary/aromatic N) is 3. The third kappa shape index (κ3) is 5.59. The van der Waals surface area contributed by atoms with E-state index in [2.05, 4.69) is 70.8 Å². The number of H-pyrrole nitrogens is 2. The van der Waals surface area contributed by atoms with Gasteiger partial charge >= 0.3 is 6.09 Å². The van der Waals surface area contributed by atoms with Gasteiger partial charge < -0.3 is 35.0 Å². The van der Waals surface area contributed by atoms with Crippen LogP contribution >= 0.6 is 0 Å². The highest BCUT2D eigenvalue weighted by Crippen LogP contribution is 2.43. The first-order chi connectivity index (χ1) is 23.7. The average molecular weight is 662 g/mol. The van der Waals surface area contributed by atoms with E-state index >= 15 is 0 Å².